The smallest absolute Gasteiger partial charge is 0.245 e. The van der Waals surface area contributed by atoms with E-state index in [4.69, 9.17) is 4.42 Å². The molecule has 18 heavy (non-hydrogen) atoms. The molecule has 1 N–H and O–H groups in total. The number of carbonyl (C=O) groups is 1. The molecule has 0 aliphatic heterocycles. The van der Waals surface area contributed by atoms with Crippen molar-refractivity contribution in [2.24, 2.45) is 5.10 Å². The second kappa shape index (κ2) is 6.56. The number of rotatable bonds is 5. The highest BCUT2D eigenvalue weighted by atomic mass is 32.1. The van der Waals surface area contributed by atoms with Crippen LogP contribution in [0.4, 0.5) is 0 Å². The van der Waals surface area contributed by atoms with Gasteiger partial charge >= 0.3 is 0 Å². The lowest BCUT2D eigenvalue weighted by Crippen LogP contribution is -2.18. The molecule has 0 atom stereocenters. The van der Waals surface area contributed by atoms with E-state index in [1.807, 2.05) is 23.6 Å². The summed E-state index contributed by atoms with van der Waals surface area (Å²) < 4.78 is 5.10. The van der Waals surface area contributed by atoms with Crippen LogP contribution in [0.15, 0.2) is 51.5 Å². The van der Waals surface area contributed by atoms with E-state index in [1.165, 1.54) is 6.21 Å². The second-order valence-electron chi connectivity index (χ2n) is 3.44. The predicted molar refractivity (Wildman–Crippen MR) is 72.4 cm³/mol. The summed E-state index contributed by atoms with van der Waals surface area (Å²) in [6.45, 7) is 0. The molecule has 2 heterocycles. The Morgan fingerprint density at radius 3 is 3.11 bits per heavy atom. The van der Waals surface area contributed by atoms with Crippen LogP contribution in [0.25, 0.3) is 6.08 Å². The first kappa shape index (κ1) is 12.3. The third kappa shape index (κ3) is 4.03. The molecular weight excluding hydrogens is 248 g/mol. The van der Waals surface area contributed by atoms with Crippen molar-refractivity contribution in [1.29, 1.82) is 0 Å². The van der Waals surface area contributed by atoms with Crippen molar-refractivity contribution >= 4 is 29.5 Å². The van der Waals surface area contributed by atoms with E-state index >= 15 is 0 Å². The summed E-state index contributed by atoms with van der Waals surface area (Å²) in [5, 5.41) is 5.75. The fraction of sp³-hybridized carbons (Fsp3) is 0.0769. The van der Waals surface area contributed by atoms with Gasteiger partial charge in [-0.15, -0.1) is 11.3 Å². The van der Waals surface area contributed by atoms with Crippen molar-refractivity contribution in [3.8, 4) is 0 Å². The highest BCUT2D eigenvalue weighted by Gasteiger charge is 2.01. The first-order chi connectivity index (χ1) is 8.84. The lowest BCUT2D eigenvalue weighted by atomic mass is 10.3. The molecule has 0 saturated carbocycles. The monoisotopic (exact) mass is 260 g/mol. The largest absolute Gasteiger partial charge is 0.465 e. The molecule has 0 aliphatic rings. The average Bonchev–Trinajstić information content (AvgIpc) is 3.01. The molecule has 2 rings (SSSR count). The Bertz CT molecular complexity index is 527. The third-order valence-electron chi connectivity index (χ3n) is 2.07. The maximum Gasteiger partial charge on any atom is 0.245 e. The van der Waals surface area contributed by atoms with Crippen LogP contribution in [0.2, 0.25) is 0 Å². The first-order valence-electron chi connectivity index (χ1n) is 5.39. The minimum Gasteiger partial charge on any atom is -0.465 e. The van der Waals surface area contributed by atoms with Crippen LogP contribution in [-0.4, -0.2) is 12.1 Å². The van der Waals surface area contributed by atoms with Gasteiger partial charge in [-0.05, 0) is 35.7 Å². The molecule has 0 bridgehead atoms. The molecule has 4 nitrogen and oxygen atoms in total. The summed E-state index contributed by atoms with van der Waals surface area (Å²) >= 11 is 1.55. The number of carbonyl (C=O) groups excluding carboxylic acids is 1. The van der Waals surface area contributed by atoms with E-state index in [9.17, 15) is 4.79 Å². The van der Waals surface area contributed by atoms with Gasteiger partial charge in [-0.3, -0.25) is 4.79 Å². The van der Waals surface area contributed by atoms with Gasteiger partial charge in [0.25, 0.3) is 0 Å². The van der Waals surface area contributed by atoms with Crippen molar-refractivity contribution < 1.29 is 9.21 Å². The van der Waals surface area contributed by atoms with Crippen molar-refractivity contribution in [3.05, 3.63) is 52.6 Å². The minimum absolute atomic E-state index is 0.125. The molecule has 0 fully saturated rings. The van der Waals surface area contributed by atoms with Gasteiger partial charge in [0.1, 0.15) is 5.76 Å². The van der Waals surface area contributed by atoms with E-state index in [1.54, 1.807) is 35.8 Å². The van der Waals surface area contributed by atoms with Gasteiger partial charge in [0.15, 0.2) is 0 Å². The summed E-state index contributed by atoms with van der Waals surface area (Å²) in [4.78, 5) is 12.5. The van der Waals surface area contributed by atoms with Crippen molar-refractivity contribution in [2.75, 3.05) is 0 Å². The molecule has 2 aromatic rings. The SMILES string of the molecule is O=C(Cc1cccs1)NN=C/C=C\c1ccco1. The van der Waals surface area contributed by atoms with Crippen LogP contribution in [0.1, 0.15) is 10.6 Å². The van der Waals surface area contributed by atoms with E-state index < -0.39 is 0 Å². The summed E-state index contributed by atoms with van der Waals surface area (Å²) in [5.41, 5.74) is 2.46. The van der Waals surface area contributed by atoms with Crippen LogP contribution >= 0.6 is 11.3 Å². The van der Waals surface area contributed by atoms with Gasteiger partial charge in [-0.1, -0.05) is 6.07 Å². The summed E-state index contributed by atoms with van der Waals surface area (Å²) in [5.74, 6) is 0.617. The number of nitrogens with zero attached hydrogens (tertiary/aromatic N) is 1. The summed E-state index contributed by atoms with van der Waals surface area (Å²) in [6, 6.07) is 7.48. The lowest BCUT2D eigenvalue weighted by Gasteiger charge is -1.95. The number of hydrogen-bond donors (Lipinski definition) is 1. The van der Waals surface area contributed by atoms with Crippen molar-refractivity contribution in [2.45, 2.75) is 6.42 Å². The number of amides is 1. The normalized spacial score (nSPS) is 11.3. The molecule has 92 valence electrons. The number of allylic oxidation sites excluding steroid dienone is 1. The quantitative estimate of drug-likeness (QED) is 0.663. The van der Waals surface area contributed by atoms with Gasteiger partial charge in [-0.2, -0.15) is 5.10 Å². The van der Waals surface area contributed by atoms with Crippen molar-refractivity contribution in [3.63, 3.8) is 0 Å². The predicted octanol–water partition coefficient (Wildman–Crippen LogP) is 2.70. The fourth-order valence-corrected chi connectivity index (χ4v) is 1.99. The van der Waals surface area contributed by atoms with Crippen LogP contribution in [0.5, 0.6) is 0 Å². The Hall–Kier alpha value is -2.14. The maximum absolute atomic E-state index is 11.4. The van der Waals surface area contributed by atoms with E-state index in [-0.39, 0.29) is 5.91 Å². The Morgan fingerprint density at radius 2 is 2.39 bits per heavy atom. The molecule has 5 heteroatoms. The number of furan rings is 1. The van der Waals surface area contributed by atoms with Gasteiger partial charge < -0.3 is 4.42 Å². The average molecular weight is 260 g/mol. The molecule has 0 radical (unpaired) electrons. The first-order valence-corrected chi connectivity index (χ1v) is 6.27. The zero-order valence-corrected chi connectivity index (χ0v) is 10.4. The highest BCUT2D eigenvalue weighted by molar-refractivity contribution is 7.10. The Kier molecular flexibility index (Phi) is 4.49. The van der Waals surface area contributed by atoms with Gasteiger partial charge in [0.05, 0.1) is 12.7 Å². The number of nitrogens with one attached hydrogen (secondary N) is 1. The fourth-order valence-electron chi connectivity index (χ4n) is 1.29. The summed E-state index contributed by atoms with van der Waals surface area (Å²) in [6.07, 6.45) is 6.92. The topological polar surface area (TPSA) is 54.6 Å². The van der Waals surface area contributed by atoms with Gasteiger partial charge in [0, 0.05) is 11.1 Å². The lowest BCUT2D eigenvalue weighted by molar-refractivity contribution is -0.120. The van der Waals surface area contributed by atoms with E-state index in [0.29, 0.717) is 6.42 Å². The van der Waals surface area contributed by atoms with Crippen LogP contribution in [-0.2, 0) is 11.2 Å². The molecule has 0 aliphatic carbocycles. The zero-order chi connectivity index (χ0) is 12.6. The highest BCUT2D eigenvalue weighted by Crippen LogP contribution is 2.08. The zero-order valence-electron chi connectivity index (χ0n) is 9.58. The van der Waals surface area contributed by atoms with Gasteiger partial charge in [-0.25, -0.2) is 5.43 Å². The van der Waals surface area contributed by atoms with E-state index in [2.05, 4.69) is 10.5 Å². The van der Waals surface area contributed by atoms with Crippen LogP contribution in [0, 0.1) is 0 Å². The molecule has 0 aromatic carbocycles. The molecule has 0 spiro atoms. The standard InChI is InChI=1S/C13H12N2O2S/c16-13(10-12-6-3-9-18-12)15-14-7-1-4-11-5-2-8-17-11/h1-9H,10H2,(H,15,16)/b4-1-,14-7?. The molecule has 1 amide bonds. The van der Waals surface area contributed by atoms with Crippen molar-refractivity contribution in [1.82, 2.24) is 5.43 Å². The van der Waals surface area contributed by atoms with Crippen LogP contribution in [0.3, 0.4) is 0 Å². The van der Waals surface area contributed by atoms with Gasteiger partial charge in [0.2, 0.25) is 5.91 Å². The Morgan fingerprint density at radius 1 is 1.44 bits per heavy atom. The maximum atomic E-state index is 11.4. The number of hydrogen-bond acceptors (Lipinski definition) is 4. The van der Waals surface area contributed by atoms with Crippen LogP contribution < -0.4 is 5.43 Å². The molecule has 0 unspecified atom stereocenters. The second-order valence-corrected chi connectivity index (χ2v) is 4.48. The Balaban J connectivity index is 1.72. The number of thiophene rings is 1. The number of hydrazone groups is 1. The molecule has 0 saturated heterocycles. The minimum atomic E-state index is -0.125. The molecule has 2 aromatic heterocycles. The third-order valence-corrected chi connectivity index (χ3v) is 2.94. The Labute approximate surface area is 109 Å². The summed E-state index contributed by atoms with van der Waals surface area (Å²) in [7, 11) is 0. The molecular formula is C13H12N2O2S. The van der Waals surface area contributed by atoms with E-state index in [0.717, 1.165) is 10.6 Å².